The third-order valence-corrected chi connectivity index (χ3v) is 5.73. The maximum absolute atomic E-state index is 6.63. The Labute approximate surface area is 171 Å². The Hall–Kier alpha value is -2.43. The highest BCUT2D eigenvalue weighted by molar-refractivity contribution is 6.31. The summed E-state index contributed by atoms with van der Waals surface area (Å²) in [4.78, 5) is 2.50. The van der Waals surface area contributed by atoms with Gasteiger partial charge in [0.15, 0.2) is 11.5 Å². The number of fused-ring (bicyclic) bond motifs is 1. The van der Waals surface area contributed by atoms with Gasteiger partial charge in [0.2, 0.25) is 0 Å². The first-order valence-electron chi connectivity index (χ1n) is 9.55. The zero-order valence-electron chi connectivity index (χ0n) is 16.3. The van der Waals surface area contributed by atoms with E-state index in [-0.39, 0.29) is 6.04 Å². The first-order chi connectivity index (χ1) is 13.7. The zero-order chi connectivity index (χ0) is 19.5. The lowest BCUT2D eigenvalue weighted by Gasteiger charge is -2.31. The van der Waals surface area contributed by atoms with Gasteiger partial charge in [-0.15, -0.1) is 0 Å². The molecule has 28 heavy (non-hydrogen) atoms. The summed E-state index contributed by atoms with van der Waals surface area (Å²) in [6, 6.07) is 18.7. The highest BCUT2D eigenvalue weighted by Gasteiger charge is 2.29. The van der Waals surface area contributed by atoms with Crippen molar-refractivity contribution >= 4 is 11.6 Å². The lowest BCUT2D eigenvalue weighted by atomic mass is 10.0. The van der Waals surface area contributed by atoms with Gasteiger partial charge in [0.05, 0.1) is 20.3 Å². The minimum atomic E-state index is 0.110. The fourth-order valence-electron chi connectivity index (χ4n) is 4.08. The molecule has 0 aliphatic carbocycles. The van der Waals surface area contributed by atoms with Crippen molar-refractivity contribution in [1.82, 2.24) is 9.47 Å². The van der Waals surface area contributed by atoms with E-state index in [1.807, 2.05) is 18.2 Å². The molecule has 0 N–H and O–H groups in total. The maximum atomic E-state index is 6.63. The normalized spacial score (nSPS) is 17.0. The average molecular weight is 397 g/mol. The van der Waals surface area contributed by atoms with Gasteiger partial charge in [0.1, 0.15) is 0 Å². The first-order valence-corrected chi connectivity index (χ1v) is 9.93. The number of benzene rings is 2. The topological polar surface area (TPSA) is 26.6 Å². The molecule has 0 saturated heterocycles. The third kappa shape index (κ3) is 3.62. The Balaban J connectivity index is 1.73. The predicted octanol–water partition coefficient (Wildman–Crippen LogP) is 5.15. The molecule has 4 nitrogen and oxygen atoms in total. The van der Waals surface area contributed by atoms with Crippen molar-refractivity contribution in [1.29, 1.82) is 0 Å². The molecule has 1 unspecified atom stereocenters. The van der Waals surface area contributed by atoms with Crippen LogP contribution in [0.1, 0.15) is 29.3 Å². The van der Waals surface area contributed by atoms with Gasteiger partial charge in [0, 0.05) is 36.5 Å². The number of methoxy groups -OCH3 is 2. The fraction of sp³-hybridized carbons (Fsp3) is 0.304. The standard InChI is InChI=1S/C23H25ClN2O2/c1-27-21-11-10-17(15-22(21)28-2)16-26-14-6-13-25-12-5-9-20(25)23(26)18-7-3-4-8-19(18)24/h3-5,7-12,15,23H,6,13-14,16H2,1-2H3. The van der Waals surface area contributed by atoms with Crippen molar-refractivity contribution < 1.29 is 9.47 Å². The van der Waals surface area contributed by atoms with Crippen molar-refractivity contribution in [3.05, 3.63) is 82.6 Å². The van der Waals surface area contributed by atoms with Crippen LogP contribution in [0, 0.1) is 0 Å². The molecule has 0 bridgehead atoms. The minimum Gasteiger partial charge on any atom is -0.493 e. The number of hydrogen-bond acceptors (Lipinski definition) is 3. The van der Waals surface area contributed by atoms with E-state index in [1.165, 1.54) is 11.3 Å². The van der Waals surface area contributed by atoms with Crippen LogP contribution in [-0.4, -0.2) is 30.2 Å². The highest BCUT2D eigenvalue weighted by atomic mass is 35.5. The van der Waals surface area contributed by atoms with Crippen LogP contribution in [0.15, 0.2) is 60.8 Å². The molecule has 1 aromatic heterocycles. The smallest absolute Gasteiger partial charge is 0.161 e. The van der Waals surface area contributed by atoms with Crippen LogP contribution in [0.2, 0.25) is 5.02 Å². The van der Waals surface area contributed by atoms with Gasteiger partial charge in [-0.1, -0.05) is 35.9 Å². The highest BCUT2D eigenvalue weighted by Crippen LogP contribution is 2.37. The fourth-order valence-corrected chi connectivity index (χ4v) is 4.32. The summed E-state index contributed by atoms with van der Waals surface area (Å²) in [7, 11) is 3.33. The van der Waals surface area contributed by atoms with E-state index in [9.17, 15) is 0 Å². The summed E-state index contributed by atoms with van der Waals surface area (Å²) in [5.74, 6) is 1.51. The summed E-state index contributed by atoms with van der Waals surface area (Å²) in [5.41, 5.74) is 3.62. The second kappa shape index (κ2) is 8.29. The van der Waals surface area contributed by atoms with Gasteiger partial charge in [-0.2, -0.15) is 0 Å². The third-order valence-electron chi connectivity index (χ3n) is 5.39. The first kappa shape index (κ1) is 18.9. The number of nitrogens with zero attached hydrogens (tertiary/aromatic N) is 2. The molecule has 1 aliphatic rings. The number of aromatic nitrogens is 1. The predicted molar refractivity (Wildman–Crippen MR) is 112 cm³/mol. The molecular weight excluding hydrogens is 372 g/mol. The van der Waals surface area contributed by atoms with Crippen LogP contribution < -0.4 is 9.47 Å². The van der Waals surface area contributed by atoms with Gasteiger partial charge in [-0.25, -0.2) is 0 Å². The van der Waals surface area contributed by atoms with Crippen LogP contribution in [0.5, 0.6) is 11.5 Å². The van der Waals surface area contributed by atoms with Crippen molar-refractivity contribution in [3.8, 4) is 11.5 Å². The van der Waals surface area contributed by atoms with Crippen LogP contribution in [0.4, 0.5) is 0 Å². The molecule has 2 heterocycles. The van der Waals surface area contributed by atoms with E-state index in [0.717, 1.165) is 48.1 Å². The summed E-state index contributed by atoms with van der Waals surface area (Å²) < 4.78 is 13.2. The van der Waals surface area contributed by atoms with E-state index in [0.29, 0.717) is 0 Å². The van der Waals surface area contributed by atoms with Crippen molar-refractivity contribution in [2.75, 3.05) is 20.8 Å². The summed E-state index contributed by atoms with van der Waals surface area (Å²) in [5, 5.41) is 0.805. The largest absolute Gasteiger partial charge is 0.493 e. The molecule has 0 spiro atoms. The van der Waals surface area contributed by atoms with Gasteiger partial charge in [-0.3, -0.25) is 4.90 Å². The lowest BCUT2D eigenvalue weighted by molar-refractivity contribution is 0.220. The Morgan fingerprint density at radius 2 is 1.79 bits per heavy atom. The summed E-state index contributed by atoms with van der Waals surface area (Å²) in [6.45, 7) is 2.82. The van der Waals surface area contributed by atoms with Crippen molar-refractivity contribution in [2.45, 2.75) is 25.6 Å². The Morgan fingerprint density at radius 1 is 0.964 bits per heavy atom. The molecular formula is C23H25ClN2O2. The number of aryl methyl sites for hydroxylation is 1. The summed E-state index contributed by atoms with van der Waals surface area (Å²) >= 11 is 6.63. The minimum absolute atomic E-state index is 0.110. The Bertz CT molecular complexity index is 953. The molecule has 0 saturated carbocycles. The van der Waals surface area contributed by atoms with Crippen LogP contribution in [-0.2, 0) is 13.1 Å². The number of rotatable bonds is 5. The van der Waals surface area contributed by atoms with Gasteiger partial charge < -0.3 is 14.0 Å². The molecule has 3 aromatic rings. The zero-order valence-corrected chi connectivity index (χ0v) is 17.0. The van der Waals surface area contributed by atoms with E-state index >= 15 is 0 Å². The van der Waals surface area contributed by atoms with Gasteiger partial charge in [-0.05, 0) is 47.9 Å². The van der Waals surface area contributed by atoms with E-state index in [2.05, 4.69) is 52.1 Å². The average Bonchev–Trinajstić information content (AvgIpc) is 3.10. The molecule has 0 amide bonds. The monoisotopic (exact) mass is 396 g/mol. The molecule has 0 radical (unpaired) electrons. The lowest BCUT2D eigenvalue weighted by Crippen LogP contribution is -2.29. The molecule has 0 fully saturated rings. The maximum Gasteiger partial charge on any atom is 0.161 e. The van der Waals surface area contributed by atoms with Crippen LogP contribution in [0.25, 0.3) is 0 Å². The second-order valence-corrected chi connectivity index (χ2v) is 7.47. The molecule has 4 rings (SSSR count). The van der Waals surface area contributed by atoms with E-state index in [4.69, 9.17) is 21.1 Å². The molecule has 2 aromatic carbocycles. The van der Waals surface area contributed by atoms with Crippen LogP contribution in [0.3, 0.4) is 0 Å². The number of ether oxygens (including phenoxy) is 2. The molecule has 1 aliphatic heterocycles. The van der Waals surface area contributed by atoms with Gasteiger partial charge in [0.25, 0.3) is 0 Å². The van der Waals surface area contributed by atoms with Crippen molar-refractivity contribution in [2.24, 2.45) is 0 Å². The van der Waals surface area contributed by atoms with Crippen molar-refractivity contribution in [3.63, 3.8) is 0 Å². The second-order valence-electron chi connectivity index (χ2n) is 7.06. The Morgan fingerprint density at radius 3 is 2.57 bits per heavy atom. The number of halogens is 1. The van der Waals surface area contributed by atoms with E-state index in [1.54, 1.807) is 14.2 Å². The van der Waals surface area contributed by atoms with Crippen LogP contribution >= 0.6 is 11.6 Å². The van der Waals surface area contributed by atoms with Gasteiger partial charge >= 0.3 is 0 Å². The molecule has 146 valence electrons. The molecule has 5 heteroatoms. The Kier molecular flexibility index (Phi) is 5.60. The SMILES string of the molecule is COc1ccc(CN2CCCn3cccc3C2c2ccccc2Cl)cc1OC. The quantitative estimate of drug-likeness (QED) is 0.596. The summed E-state index contributed by atoms with van der Waals surface area (Å²) in [6.07, 6.45) is 3.26. The van der Waals surface area contributed by atoms with E-state index < -0.39 is 0 Å². The molecule has 1 atom stereocenters. The number of hydrogen-bond donors (Lipinski definition) is 0.